The topological polar surface area (TPSA) is 50.4 Å². The molecule has 0 aromatic heterocycles. The van der Waals surface area contributed by atoms with Crippen LogP contribution in [0.25, 0.3) is 0 Å². The van der Waals surface area contributed by atoms with Gasteiger partial charge in [0, 0.05) is 23.1 Å². The summed E-state index contributed by atoms with van der Waals surface area (Å²) < 4.78 is 5.71. The van der Waals surface area contributed by atoms with Gasteiger partial charge < -0.3 is 15.4 Å². The van der Waals surface area contributed by atoms with Crippen molar-refractivity contribution in [3.05, 3.63) is 29.8 Å². The lowest BCUT2D eigenvalue weighted by Crippen LogP contribution is -2.46. The summed E-state index contributed by atoms with van der Waals surface area (Å²) in [7, 11) is 0. The Kier molecular flexibility index (Phi) is 4.33. The molecule has 1 aliphatic heterocycles. The van der Waals surface area contributed by atoms with Crippen LogP contribution in [0.3, 0.4) is 0 Å². The molecular weight excluding hydrogens is 252 g/mol. The highest BCUT2D eigenvalue weighted by Gasteiger charge is 2.27. The Balaban J connectivity index is 2.00. The van der Waals surface area contributed by atoms with Gasteiger partial charge in [0.2, 0.25) is 5.91 Å². The molecule has 2 N–H and O–H groups in total. The lowest BCUT2D eigenvalue weighted by Gasteiger charge is -2.32. The van der Waals surface area contributed by atoms with Gasteiger partial charge in [-0.15, -0.1) is 0 Å². The molecule has 110 valence electrons. The molecular formula is C16H24N2O2. The Hall–Kier alpha value is -1.55. The van der Waals surface area contributed by atoms with Crippen molar-refractivity contribution in [2.45, 2.75) is 39.3 Å². The number of amides is 1. The first-order chi connectivity index (χ1) is 9.37. The van der Waals surface area contributed by atoms with Crippen LogP contribution in [-0.2, 0) is 4.79 Å². The van der Waals surface area contributed by atoms with E-state index in [9.17, 15) is 4.79 Å². The first-order valence-corrected chi connectivity index (χ1v) is 7.13. The molecule has 0 saturated carbocycles. The van der Waals surface area contributed by atoms with Crippen LogP contribution in [0.2, 0.25) is 0 Å². The van der Waals surface area contributed by atoms with Crippen molar-refractivity contribution in [2.75, 3.05) is 13.2 Å². The summed E-state index contributed by atoms with van der Waals surface area (Å²) in [4.78, 5) is 11.9. The molecule has 0 aliphatic carbocycles. The van der Waals surface area contributed by atoms with Gasteiger partial charge in [-0.05, 0) is 26.8 Å². The zero-order valence-electron chi connectivity index (χ0n) is 12.7. The van der Waals surface area contributed by atoms with Crippen LogP contribution < -0.4 is 15.4 Å². The Bertz CT molecular complexity index is 480. The number of benzene rings is 1. The third kappa shape index (κ3) is 3.73. The van der Waals surface area contributed by atoms with E-state index in [0.29, 0.717) is 19.1 Å². The van der Waals surface area contributed by atoms with E-state index in [-0.39, 0.29) is 17.5 Å². The van der Waals surface area contributed by atoms with E-state index in [1.54, 1.807) is 0 Å². The van der Waals surface area contributed by atoms with Crippen molar-refractivity contribution in [2.24, 2.45) is 5.92 Å². The molecule has 20 heavy (non-hydrogen) atoms. The number of rotatable bonds is 3. The van der Waals surface area contributed by atoms with Crippen molar-refractivity contribution in [1.82, 2.24) is 10.6 Å². The smallest absolute Gasteiger partial charge is 0.234 e. The van der Waals surface area contributed by atoms with Crippen molar-refractivity contribution in [3.8, 4) is 5.75 Å². The minimum atomic E-state index is -0.196. The SMILES string of the molecule is CC1COc2ccccc2C1NCC(=O)NC(C)(C)C. The van der Waals surface area contributed by atoms with Gasteiger partial charge in [0.15, 0.2) is 0 Å². The molecule has 2 atom stereocenters. The van der Waals surface area contributed by atoms with E-state index in [4.69, 9.17) is 4.74 Å². The van der Waals surface area contributed by atoms with E-state index in [0.717, 1.165) is 11.3 Å². The average molecular weight is 276 g/mol. The number of para-hydroxylation sites is 1. The summed E-state index contributed by atoms with van der Waals surface area (Å²) in [5, 5.41) is 6.32. The van der Waals surface area contributed by atoms with Crippen LogP contribution in [0.1, 0.15) is 39.3 Å². The second kappa shape index (κ2) is 5.83. The van der Waals surface area contributed by atoms with Gasteiger partial charge in [0.1, 0.15) is 5.75 Å². The van der Waals surface area contributed by atoms with E-state index < -0.39 is 0 Å². The summed E-state index contributed by atoms with van der Waals surface area (Å²) in [5.41, 5.74) is 0.938. The third-order valence-electron chi connectivity index (χ3n) is 3.32. The number of hydrogen-bond acceptors (Lipinski definition) is 3. The monoisotopic (exact) mass is 276 g/mol. The van der Waals surface area contributed by atoms with Gasteiger partial charge in [-0.25, -0.2) is 0 Å². The molecule has 1 aliphatic rings. The Labute approximate surface area is 120 Å². The number of fused-ring (bicyclic) bond motifs is 1. The first kappa shape index (κ1) is 14.9. The fourth-order valence-electron chi connectivity index (χ4n) is 2.47. The van der Waals surface area contributed by atoms with Crippen molar-refractivity contribution >= 4 is 5.91 Å². The number of ether oxygens (including phenoxy) is 1. The standard InChI is InChI=1S/C16H24N2O2/c1-11-10-20-13-8-6-5-7-12(13)15(11)17-9-14(19)18-16(2,3)4/h5-8,11,15,17H,9-10H2,1-4H3,(H,18,19). The molecule has 0 fully saturated rings. The first-order valence-electron chi connectivity index (χ1n) is 7.13. The highest BCUT2D eigenvalue weighted by atomic mass is 16.5. The lowest BCUT2D eigenvalue weighted by atomic mass is 9.92. The molecule has 0 spiro atoms. The normalized spacial score (nSPS) is 21.8. The quantitative estimate of drug-likeness (QED) is 0.890. The maximum Gasteiger partial charge on any atom is 0.234 e. The van der Waals surface area contributed by atoms with Crippen LogP contribution in [0.5, 0.6) is 5.75 Å². The third-order valence-corrected chi connectivity index (χ3v) is 3.32. The second-order valence-electron chi connectivity index (χ2n) is 6.48. The maximum atomic E-state index is 11.9. The molecule has 4 heteroatoms. The molecule has 1 heterocycles. The van der Waals surface area contributed by atoms with Crippen LogP contribution in [0, 0.1) is 5.92 Å². The van der Waals surface area contributed by atoms with Crippen molar-refractivity contribution < 1.29 is 9.53 Å². The summed E-state index contributed by atoms with van der Waals surface area (Å²) in [6.45, 7) is 9.08. The molecule has 0 radical (unpaired) electrons. The van der Waals surface area contributed by atoms with Gasteiger partial charge in [-0.1, -0.05) is 25.1 Å². The van der Waals surface area contributed by atoms with Crippen LogP contribution >= 0.6 is 0 Å². The second-order valence-corrected chi connectivity index (χ2v) is 6.48. The minimum Gasteiger partial charge on any atom is -0.493 e. The number of carbonyl (C=O) groups is 1. The highest BCUT2D eigenvalue weighted by molar-refractivity contribution is 5.78. The maximum absolute atomic E-state index is 11.9. The number of nitrogens with one attached hydrogen (secondary N) is 2. The molecule has 1 aromatic rings. The Morgan fingerprint density at radius 3 is 2.75 bits per heavy atom. The molecule has 2 unspecified atom stereocenters. The average Bonchev–Trinajstić information content (AvgIpc) is 2.35. The van der Waals surface area contributed by atoms with Crippen molar-refractivity contribution in [1.29, 1.82) is 0 Å². The molecule has 0 saturated heterocycles. The molecule has 1 amide bonds. The van der Waals surface area contributed by atoms with Gasteiger partial charge in [0.05, 0.1) is 13.2 Å². The molecule has 0 bridgehead atoms. The van der Waals surface area contributed by atoms with E-state index in [1.807, 2.05) is 39.0 Å². The van der Waals surface area contributed by atoms with Crippen molar-refractivity contribution in [3.63, 3.8) is 0 Å². The van der Waals surface area contributed by atoms with Crippen LogP contribution in [0.15, 0.2) is 24.3 Å². The van der Waals surface area contributed by atoms with E-state index in [2.05, 4.69) is 23.6 Å². The fourth-order valence-corrected chi connectivity index (χ4v) is 2.47. The zero-order chi connectivity index (χ0) is 14.8. The predicted octanol–water partition coefficient (Wildman–Crippen LogP) is 2.26. The Morgan fingerprint density at radius 2 is 2.05 bits per heavy atom. The van der Waals surface area contributed by atoms with Gasteiger partial charge >= 0.3 is 0 Å². The molecule has 4 nitrogen and oxygen atoms in total. The van der Waals surface area contributed by atoms with Gasteiger partial charge in [-0.3, -0.25) is 4.79 Å². The Morgan fingerprint density at radius 1 is 1.35 bits per heavy atom. The summed E-state index contributed by atoms with van der Waals surface area (Å²) in [5.74, 6) is 1.28. The fraction of sp³-hybridized carbons (Fsp3) is 0.562. The summed E-state index contributed by atoms with van der Waals surface area (Å²) >= 11 is 0. The van der Waals surface area contributed by atoms with E-state index in [1.165, 1.54) is 0 Å². The minimum absolute atomic E-state index is 0.0219. The largest absolute Gasteiger partial charge is 0.493 e. The predicted molar refractivity (Wildman–Crippen MR) is 79.7 cm³/mol. The molecule has 1 aromatic carbocycles. The summed E-state index contributed by atoms with van der Waals surface area (Å²) in [6, 6.07) is 8.17. The highest BCUT2D eigenvalue weighted by Crippen LogP contribution is 2.34. The lowest BCUT2D eigenvalue weighted by molar-refractivity contribution is -0.121. The number of hydrogen-bond donors (Lipinski definition) is 2. The van der Waals surface area contributed by atoms with Gasteiger partial charge in [0.25, 0.3) is 0 Å². The van der Waals surface area contributed by atoms with E-state index >= 15 is 0 Å². The molecule has 2 rings (SSSR count). The number of carbonyl (C=O) groups excluding carboxylic acids is 1. The summed E-state index contributed by atoms with van der Waals surface area (Å²) in [6.07, 6.45) is 0. The van der Waals surface area contributed by atoms with Gasteiger partial charge in [-0.2, -0.15) is 0 Å². The zero-order valence-corrected chi connectivity index (χ0v) is 12.7. The van der Waals surface area contributed by atoms with Crippen LogP contribution in [-0.4, -0.2) is 24.6 Å². The van der Waals surface area contributed by atoms with Crippen LogP contribution in [0.4, 0.5) is 0 Å².